The number of fused-ring (bicyclic) bond motifs is 2. The van der Waals surface area contributed by atoms with Crippen molar-refractivity contribution >= 4 is 34.9 Å². The number of nitrogens with zero attached hydrogens (tertiary/aromatic N) is 4. The molecule has 0 spiro atoms. The third kappa shape index (κ3) is 4.07. The van der Waals surface area contributed by atoms with Crippen LogP contribution in [0.25, 0.3) is 11.2 Å². The van der Waals surface area contributed by atoms with Gasteiger partial charge in [-0.2, -0.15) is 4.98 Å². The van der Waals surface area contributed by atoms with Crippen LogP contribution in [0.15, 0.2) is 35.4 Å². The molecule has 0 saturated carbocycles. The highest BCUT2D eigenvalue weighted by molar-refractivity contribution is 6.22. The first-order valence-corrected chi connectivity index (χ1v) is 10.2. The summed E-state index contributed by atoms with van der Waals surface area (Å²) in [6, 6.07) is 5.38. The lowest BCUT2D eigenvalue weighted by molar-refractivity contribution is -0.151. The highest BCUT2D eigenvalue weighted by atomic mass is 16.6. The number of hydrogen-bond donors (Lipinski definition) is 2. The van der Waals surface area contributed by atoms with Crippen molar-refractivity contribution in [2.75, 3.05) is 18.9 Å². The Kier molecular flexibility index (Phi) is 5.92. The van der Waals surface area contributed by atoms with E-state index in [1.165, 1.54) is 10.9 Å². The second kappa shape index (κ2) is 8.82. The number of aromatic amines is 1. The molecule has 4 rings (SSSR count). The molecular formula is C21H22N6O6. The largest absolute Gasteiger partial charge is 0.462 e. The van der Waals surface area contributed by atoms with Crippen LogP contribution in [0.4, 0.5) is 5.95 Å². The molecule has 0 aliphatic carbocycles. The Morgan fingerprint density at radius 2 is 1.79 bits per heavy atom. The normalized spacial score (nSPS) is 14.2. The fraction of sp³-hybridized carbons (Fsp3) is 0.333. The molecule has 12 nitrogen and oxygen atoms in total. The minimum Gasteiger partial charge on any atom is -0.462 e. The summed E-state index contributed by atoms with van der Waals surface area (Å²) in [4.78, 5) is 61.4. The molecule has 1 atom stereocenters. The van der Waals surface area contributed by atoms with Gasteiger partial charge in [0.25, 0.3) is 17.4 Å². The van der Waals surface area contributed by atoms with Crippen molar-refractivity contribution in [3.63, 3.8) is 0 Å². The van der Waals surface area contributed by atoms with Crippen molar-refractivity contribution in [1.82, 2.24) is 24.4 Å². The lowest BCUT2D eigenvalue weighted by atomic mass is 10.0. The number of imidazole rings is 1. The van der Waals surface area contributed by atoms with Crippen molar-refractivity contribution in [3.05, 3.63) is 52.1 Å². The first kappa shape index (κ1) is 22.1. The molecule has 0 bridgehead atoms. The van der Waals surface area contributed by atoms with E-state index in [0.29, 0.717) is 0 Å². The van der Waals surface area contributed by atoms with Crippen LogP contribution in [-0.4, -0.2) is 61.5 Å². The van der Waals surface area contributed by atoms with Gasteiger partial charge in [0.05, 0.1) is 24.1 Å². The third-order valence-electron chi connectivity index (χ3n) is 5.17. The molecule has 172 valence electrons. The zero-order valence-electron chi connectivity index (χ0n) is 18.0. The summed E-state index contributed by atoms with van der Waals surface area (Å²) in [5.41, 5.74) is 6.02. The summed E-state index contributed by atoms with van der Waals surface area (Å²) in [5, 5.41) is 0. The van der Waals surface area contributed by atoms with Gasteiger partial charge >= 0.3 is 5.97 Å². The Balaban J connectivity index is 1.35. The smallest absolute Gasteiger partial charge is 0.329 e. The van der Waals surface area contributed by atoms with E-state index in [-0.39, 0.29) is 54.1 Å². The second-order valence-electron chi connectivity index (χ2n) is 7.76. The van der Waals surface area contributed by atoms with Crippen molar-refractivity contribution < 1.29 is 23.9 Å². The minimum absolute atomic E-state index is 0.00401. The number of ether oxygens (including phenoxy) is 2. The number of nitrogen functional groups attached to an aromatic ring is 1. The fourth-order valence-corrected chi connectivity index (χ4v) is 3.65. The molecule has 2 amide bonds. The quantitative estimate of drug-likeness (QED) is 0.281. The van der Waals surface area contributed by atoms with Gasteiger partial charge in [0.15, 0.2) is 11.2 Å². The molecule has 12 heteroatoms. The number of carbonyl (C=O) groups excluding carboxylic acids is 3. The van der Waals surface area contributed by atoms with Gasteiger partial charge in [-0.1, -0.05) is 26.0 Å². The number of imide groups is 1. The van der Waals surface area contributed by atoms with E-state index in [1.807, 2.05) is 0 Å². The van der Waals surface area contributed by atoms with Crippen LogP contribution in [-0.2, 0) is 21.0 Å². The second-order valence-corrected chi connectivity index (χ2v) is 7.76. The fourth-order valence-electron chi connectivity index (χ4n) is 3.65. The van der Waals surface area contributed by atoms with E-state index in [9.17, 15) is 19.2 Å². The van der Waals surface area contributed by atoms with Crippen molar-refractivity contribution in [1.29, 1.82) is 0 Å². The zero-order valence-corrected chi connectivity index (χ0v) is 18.0. The molecule has 33 heavy (non-hydrogen) atoms. The van der Waals surface area contributed by atoms with E-state index < -0.39 is 29.4 Å². The maximum atomic E-state index is 12.8. The number of esters is 1. The average molecular weight is 454 g/mol. The van der Waals surface area contributed by atoms with Crippen molar-refractivity contribution in [2.45, 2.75) is 26.6 Å². The standard InChI is InChI=1S/C21H22N6O6/c1-11(2)15(27-18(29)12-5-3-4-6-13(12)19(27)30)20(31)33-8-7-32-10-26-9-23-14-16(26)24-21(22)25-17(14)28/h3-6,9,11,15H,7-8,10H2,1-2H3,(H3,22,24,25,28)/t15-/m0/s1. The van der Waals surface area contributed by atoms with E-state index in [0.717, 1.165) is 4.90 Å². The Hall–Kier alpha value is -4.06. The first-order chi connectivity index (χ1) is 15.8. The van der Waals surface area contributed by atoms with Crippen molar-refractivity contribution in [3.8, 4) is 0 Å². The van der Waals surface area contributed by atoms with Crippen LogP contribution >= 0.6 is 0 Å². The third-order valence-corrected chi connectivity index (χ3v) is 5.17. The number of hydrogen-bond acceptors (Lipinski definition) is 9. The van der Waals surface area contributed by atoms with Gasteiger partial charge < -0.3 is 15.2 Å². The molecule has 3 heterocycles. The molecule has 1 aromatic carbocycles. The highest BCUT2D eigenvalue weighted by Crippen LogP contribution is 2.27. The van der Waals surface area contributed by atoms with E-state index in [2.05, 4.69) is 15.0 Å². The predicted molar refractivity (Wildman–Crippen MR) is 115 cm³/mol. The maximum Gasteiger partial charge on any atom is 0.329 e. The highest BCUT2D eigenvalue weighted by Gasteiger charge is 2.44. The van der Waals surface area contributed by atoms with Gasteiger partial charge in [-0.15, -0.1) is 0 Å². The van der Waals surface area contributed by atoms with Gasteiger partial charge in [0.2, 0.25) is 5.95 Å². The number of anilines is 1. The molecule has 0 fully saturated rings. The Morgan fingerprint density at radius 1 is 1.12 bits per heavy atom. The molecular weight excluding hydrogens is 432 g/mol. The number of rotatable bonds is 8. The Bertz CT molecular complexity index is 1260. The van der Waals surface area contributed by atoms with Crippen LogP contribution in [0.2, 0.25) is 0 Å². The molecule has 3 aromatic rings. The Morgan fingerprint density at radius 3 is 2.42 bits per heavy atom. The SMILES string of the molecule is CC(C)[C@@H](C(=O)OCCOCn1cnc2c(=O)[nH]c(N)nc21)N1C(=O)c2ccccc2C1=O. The van der Waals surface area contributed by atoms with Gasteiger partial charge in [0.1, 0.15) is 19.4 Å². The number of nitrogens with one attached hydrogen (secondary N) is 1. The van der Waals surface area contributed by atoms with Crippen molar-refractivity contribution in [2.24, 2.45) is 5.92 Å². The van der Waals surface area contributed by atoms with E-state index in [4.69, 9.17) is 15.2 Å². The summed E-state index contributed by atoms with van der Waals surface area (Å²) in [6.45, 7) is 3.38. The van der Waals surface area contributed by atoms with Gasteiger partial charge in [-0.3, -0.25) is 28.8 Å². The van der Waals surface area contributed by atoms with Gasteiger partial charge in [-0.25, -0.2) is 9.78 Å². The van der Waals surface area contributed by atoms with Gasteiger partial charge in [0, 0.05) is 0 Å². The number of carbonyl (C=O) groups is 3. The topological polar surface area (TPSA) is 162 Å². The predicted octanol–water partition coefficient (Wildman–Crippen LogP) is 0.540. The van der Waals surface area contributed by atoms with E-state index in [1.54, 1.807) is 38.1 Å². The molecule has 2 aromatic heterocycles. The summed E-state index contributed by atoms with van der Waals surface area (Å²) in [5.74, 6) is -2.13. The van der Waals surface area contributed by atoms with Crippen LogP contribution in [0.5, 0.6) is 0 Å². The maximum absolute atomic E-state index is 12.8. The summed E-state index contributed by atoms with van der Waals surface area (Å²) >= 11 is 0. The van der Waals surface area contributed by atoms with E-state index >= 15 is 0 Å². The average Bonchev–Trinajstić information content (AvgIpc) is 3.28. The van der Waals surface area contributed by atoms with Crippen LogP contribution in [0.3, 0.4) is 0 Å². The summed E-state index contributed by atoms with van der Waals surface area (Å²) in [6.07, 6.45) is 1.38. The molecule has 1 aliphatic rings. The summed E-state index contributed by atoms with van der Waals surface area (Å²) < 4.78 is 12.3. The number of aromatic nitrogens is 4. The molecule has 3 N–H and O–H groups in total. The monoisotopic (exact) mass is 454 g/mol. The lowest BCUT2D eigenvalue weighted by Gasteiger charge is -2.27. The van der Waals surface area contributed by atoms with Gasteiger partial charge in [-0.05, 0) is 18.1 Å². The first-order valence-electron chi connectivity index (χ1n) is 10.2. The number of nitrogens with two attached hydrogens (primary N) is 1. The lowest BCUT2D eigenvalue weighted by Crippen LogP contribution is -2.48. The molecule has 1 aliphatic heterocycles. The minimum atomic E-state index is -1.06. The van der Waals surface area contributed by atoms with Crippen LogP contribution in [0.1, 0.15) is 34.6 Å². The number of H-pyrrole nitrogens is 1. The number of benzene rings is 1. The Labute approximate surface area is 187 Å². The molecule has 0 unspecified atom stereocenters. The number of amides is 2. The zero-order chi connectivity index (χ0) is 23.7. The molecule has 0 saturated heterocycles. The van der Waals surface area contributed by atoms with Crippen LogP contribution < -0.4 is 11.3 Å². The van der Waals surface area contributed by atoms with Crippen LogP contribution in [0, 0.1) is 5.92 Å². The summed E-state index contributed by atoms with van der Waals surface area (Å²) in [7, 11) is 0. The molecule has 0 radical (unpaired) electrons.